The zero-order valence-electron chi connectivity index (χ0n) is 8.10. The van der Waals surface area contributed by atoms with Crippen LogP contribution in [0.5, 0.6) is 0 Å². The second-order valence-electron chi connectivity index (χ2n) is 3.21. The Kier molecular flexibility index (Phi) is 2.44. The highest BCUT2D eigenvalue weighted by molar-refractivity contribution is 6.31. The molecule has 2 rings (SSSR count). The van der Waals surface area contributed by atoms with Gasteiger partial charge in [0.15, 0.2) is 5.58 Å². The van der Waals surface area contributed by atoms with Crippen LogP contribution in [0, 0.1) is 6.92 Å². The van der Waals surface area contributed by atoms with Crippen molar-refractivity contribution in [3.63, 3.8) is 0 Å². The molecule has 14 heavy (non-hydrogen) atoms. The first-order valence-electron chi connectivity index (χ1n) is 4.41. The topological polar surface area (TPSA) is 38.1 Å². The van der Waals surface area contributed by atoms with Crippen molar-refractivity contribution >= 4 is 22.7 Å². The third-order valence-corrected chi connectivity index (χ3v) is 2.23. The molecule has 1 aromatic heterocycles. The van der Waals surface area contributed by atoms with Crippen LogP contribution < -0.4 is 5.32 Å². The standard InChI is InChI=1S/C10H11ClN2O/c1-6-3-7(11)4-8-10(6)14-9(13-8)5-12-2/h3-4,12H,5H2,1-2H3. The van der Waals surface area contributed by atoms with Crippen molar-refractivity contribution in [2.45, 2.75) is 13.5 Å². The first-order valence-corrected chi connectivity index (χ1v) is 4.78. The molecule has 3 nitrogen and oxygen atoms in total. The van der Waals surface area contributed by atoms with Gasteiger partial charge in [-0.25, -0.2) is 4.98 Å². The molecular formula is C10H11ClN2O. The van der Waals surface area contributed by atoms with Gasteiger partial charge in [-0.3, -0.25) is 0 Å². The van der Waals surface area contributed by atoms with Gasteiger partial charge in [0.2, 0.25) is 5.89 Å². The Hall–Kier alpha value is -1.06. The molecule has 0 fully saturated rings. The third-order valence-electron chi connectivity index (χ3n) is 2.01. The fourth-order valence-electron chi connectivity index (χ4n) is 1.43. The Balaban J connectivity index is 2.58. The van der Waals surface area contributed by atoms with E-state index < -0.39 is 0 Å². The van der Waals surface area contributed by atoms with Crippen LogP contribution in [0.2, 0.25) is 5.02 Å². The predicted octanol–water partition coefficient (Wildman–Crippen LogP) is 2.51. The van der Waals surface area contributed by atoms with Crippen molar-refractivity contribution in [2.24, 2.45) is 0 Å². The van der Waals surface area contributed by atoms with Gasteiger partial charge in [-0.1, -0.05) is 11.6 Å². The van der Waals surface area contributed by atoms with Crippen LogP contribution in [0.15, 0.2) is 16.5 Å². The molecule has 0 saturated heterocycles. The van der Waals surface area contributed by atoms with Crippen LogP contribution >= 0.6 is 11.6 Å². The second-order valence-corrected chi connectivity index (χ2v) is 3.65. The van der Waals surface area contributed by atoms with Crippen molar-refractivity contribution in [3.05, 3.63) is 28.6 Å². The van der Waals surface area contributed by atoms with Gasteiger partial charge in [0, 0.05) is 5.02 Å². The summed E-state index contributed by atoms with van der Waals surface area (Å²) in [5.74, 6) is 0.688. The summed E-state index contributed by atoms with van der Waals surface area (Å²) in [6.07, 6.45) is 0. The maximum Gasteiger partial charge on any atom is 0.209 e. The summed E-state index contributed by atoms with van der Waals surface area (Å²) in [5.41, 5.74) is 2.65. The highest BCUT2D eigenvalue weighted by Crippen LogP contribution is 2.23. The monoisotopic (exact) mass is 210 g/mol. The Morgan fingerprint density at radius 3 is 3.00 bits per heavy atom. The molecule has 0 atom stereocenters. The minimum Gasteiger partial charge on any atom is -0.439 e. The van der Waals surface area contributed by atoms with E-state index in [1.807, 2.05) is 26.1 Å². The Morgan fingerprint density at radius 2 is 2.29 bits per heavy atom. The molecule has 0 unspecified atom stereocenters. The molecule has 0 radical (unpaired) electrons. The molecule has 1 N–H and O–H groups in total. The summed E-state index contributed by atoms with van der Waals surface area (Å²) < 4.78 is 5.56. The van der Waals surface area contributed by atoms with Gasteiger partial charge in [0.1, 0.15) is 5.52 Å². The van der Waals surface area contributed by atoms with Gasteiger partial charge >= 0.3 is 0 Å². The highest BCUT2D eigenvalue weighted by atomic mass is 35.5. The van der Waals surface area contributed by atoms with E-state index >= 15 is 0 Å². The molecule has 4 heteroatoms. The Morgan fingerprint density at radius 1 is 1.50 bits per heavy atom. The number of fused-ring (bicyclic) bond motifs is 1. The fraction of sp³-hybridized carbons (Fsp3) is 0.300. The SMILES string of the molecule is CNCc1nc2cc(Cl)cc(C)c2o1. The summed E-state index contributed by atoms with van der Waals surface area (Å²) in [6, 6.07) is 3.69. The number of halogens is 1. The van der Waals surface area contributed by atoms with Crippen molar-refractivity contribution < 1.29 is 4.42 Å². The highest BCUT2D eigenvalue weighted by Gasteiger charge is 2.08. The molecule has 0 aliphatic heterocycles. The molecule has 0 aliphatic carbocycles. The van der Waals surface area contributed by atoms with E-state index in [0.29, 0.717) is 17.5 Å². The predicted molar refractivity (Wildman–Crippen MR) is 56.5 cm³/mol. The third kappa shape index (κ3) is 1.61. The molecule has 2 aromatic rings. The largest absolute Gasteiger partial charge is 0.439 e. The molecule has 1 aromatic carbocycles. The van der Waals surface area contributed by atoms with Crippen LogP contribution in [-0.2, 0) is 6.54 Å². The Bertz CT molecular complexity index is 464. The lowest BCUT2D eigenvalue weighted by Crippen LogP contribution is -2.04. The summed E-state index contributed by atoms with van der Waals surface area (Å²) in [5, 5.41) is 3.68. The van der Waals surface area contributed by atoms with Gasteiger partial charge in [0.25, 0.3) is 0 Å². The first-order chi connectivity index (χ1) is 6.70. The molecule has 0 amide bonds. The smallest absolute Gasteiger partial charge is 0.209 e. The number of nitrogens with zero attached hydrogens (tertiary/aromatic N) is 1. The molecular weight excluding hydrogens is 200 g/mol. The van der Waals surface area contributed by atoms with Crippen LogP contribution in [0.1, 0.15) is 11.5 Å². The number of nitrogens with one attached hydrogen (secondary N) is 1. The van der Waals surface area contributed by atoms with Gasteiger partial charge in [-0.05, 0) is 31.7 Å². The molecule has 0 bridgehead atoms. The van der Waals surface area contributed by atoms with E-state index in [-0.39, 0.29) is 0 Å². The quantitative estimate of drug-likeness (QED) is 0.828. The number of oxazole rings is 1. The van der Waals surface area contributed by atoms with E-state index in [0.717, 1.165) is 16.7 Å². The lowest BCUT2D eigenvalue weighted by atomic mass is 10.2. The van der Waals surface area contributed by atoms with Gasteiger partial charge in [0.05, 0.1) is 6.54 Å². The molecule has 74 valence electrons. The molecule has 0 saturated carbocycles. The van der Waals surface area contributed by atoms with Crippen LogP contribution in [-0.4, -0.2) is 12.0 Å². The van der Waals surface area contributed by atoms with Crippen molar-refractivity contribution in [2.75, 3.05) is 7.05 Å². The van der Waals surface area contributed by atoms with Gasteiger partial charge in [-0.2, -0.15) is 0 Å². The number of rotatable bonds is 2. The van der Waals surface area contributed by atoms with Crippen LogP contribution in [0.3, 0.4) is 0 Å². The zero-order valence-corrected chi connectivity index (χ0v) is 8.85. The Labute approximate surface area is 87.1 Å². The average Bonchev–Trinajstić information content (AvgIpc) is 2.48. The van der Waals surface area contributed by atoms with Gasteiger partial charge in [-0.15, -0.1) is 0 Å². The minimum atomic E-state index is 0.631. The second kappa shape index (κ2) is 3.59. The van der Waals surface area contributed by atoms with Crippen molar-refractivity contribution in [1.29, 1.82) is 0 Å². The molecule has 1 heterocycles. The normalized spacial score (nSPS) is 11.1. The number of aromatic nitrogens is 1. The van der Waals surface area contributed by atoms with Crippen molar-refractivity contribution in [1.82, 2.24) is 10.3 Å². The summed E-state index contributed by atoms with van der Waals surface area (Å²) in [7, 11) is 1.86. The summed E-state index contributed by atoms with van der Waals surface area (Å²) in [4.78, 5) is 4.31. The number of hydrogen-bond acceptors (Lipinski definition) is 3. The van der Waals surface area contributed by atoms with E-state index in [9.17, 15) is 0 Å². The molecule has 0 spiro atoms. The first kappa shape index (κ1) is 9.49. The van der Waals surface area contributed by atoms with Gasteiger partial charge < -0.3 is 9.73 Å². The number of hydrogen-bond donors (Lipinski definition) is 1. The van der Waals surface area contributed by atoms with Crippen molar-refractivity contribution in [3.8, 4) is 0 Å². The average molecular weight is 211 g/mol. The number of benzene rings is 1. The van der Waals surface area contributed by atoms with Crippen LogP contribution in [0.25, 0.3) is 11.1 Å². The summed E-state index contributed by atoms with van der Waals surface area (Å²) in [6.45, 7) is 2.59. The zero-order chi connectivity index (χ0) is 10.1. The number of aryl methyl sites for hydroxylation is 1. The van der Waals surface area contributed by atoms with E-state index in [2.05, 4.69) is 10.3 Å². The fourth-order valence-corrected chi connectivity index (χ4v) is 1.70. The maximum absolute atomic E-state index is 5.91. The lowest BCUT2D eigenvalue weighted by molar-refractivity contribution is 0.510. The summed E-state index contributed by atoms with van der Waals surface area (Å²) >= 11 is 5.91. The van der Waals surface area contributed by atoms with E-state index in [1.54, 1.807) is 0 Å². The van der Waals surface area contributed by atoms with Crippen LogP contribution in [0.4, 0.5) is 0 Å². The maximum atomic E-state index is 5.91. The minimum absolute atomic E-state index is 0.631. The van der Waals surface area contributed by atoms with E-state index in [1.165, 1.54) is 0 Å². The van der Waals surface area contributed by atoms with E-state index in [4.69, 9.17) is 16.0 Å². The molecule has 0 aliphatic rings. The lowest BCUT2D eigenvalue weighted by Gasteiger charge is -1.93.